The number of hydrogen-bond acceptors (Lipinski definition) is 3. The van der Waals surface area contributed by atoms with Gasteiger partial charge in [-0.1, -0.05) is 65.2 Å². The van der Waals surface area contributed by atoms with Crippen LogP contribution in [0.5, 0.6) is 5.75 Å². The summed E-state index contributed by atoms with van der Waals surface area (Å²) in [5, 5.41) is 0. The van der Waals surface area contributed by atoms with Gasteiger partial charge in [-0.25, -0.2) is 4.98 Å². The minimum Gasteiger partial charge on any atom is -0.491 e. The van der Waals surface area contributed by atoms with Crippen LogP contribution in [0.3, 0.4) is 0 Å². The lowest BCUT2D eigenvalue weighted by Crippen LogP contribution is -2.09. The standard InChI is InChI=1S/C30H50N2O2/c1-6-8-21-33-22-17-15-13-11-10-12-14-16-18-28-30(34-23-9-7-2)25(3)24-29(31-28)32-26(4)19-20-27(32)5/h19-20,24H,6-18,21-23H2,1-5H3. The molecule has 0 amide bonds. The summed E-state index contributed by atoms with van der Waals surface area (Å²) in [5.74, 6) is 2.04. The first-order valence-electron chi connectivity index (χ1n) is 13.9. The molecule has 2 aromatic rings. The topological polar surface area (TPSA) is 36.3 Å². The molecule has 0 aliphatic heterocycles. The predicted octanol–water partition coefficient (Wildman–Crippen LogP) is 8.46. The molecule has 192 valence electrons. The number of ether oxygens (including phenoxy) is 2. The lowest BCUT2D eigenvalue weighted by molar-refractivity contribution is 0.127. The van der Waals surface area contributed by atoms with Crippen molar-refractivity contribution in [3.8, 4) is 11.6 Å². The molecule has 0 N–H and O–H groups in total. The molecular weight excluding hydrogens is 420 g/mol. The largest absolute Gasteiger partial charge is 0.491 e. The van der Waals surface area contributed by atoms with E-state index in [4.69, 9.17) is 14.5 Å². The molecule has 0 saturated carbocycles. The van der Waals surface area contributed by atoms with E-state index in [1.54, 1.807) is 0 Å². The van der Waals surface area contributed by atoms with Gasteiger partial charge < -0.3 is 14.0 Å². The van der Waals surface area contributed by atoms with Crippen LogP contribution in [0.2, 0.25) is 0 Å². The Morgan fingerprint density at radius 1 is 0.706 bits per heavy atom. The van der Waals surface area contributed by atoms with Gasteiger partial charge in [-0.3, -0.25) is 0 Å². The zero-order valence-corrected chi connectivity index (χ0v) is 22.8. The number of hydrogen-bond donors (Lipinski definition) is 0. The van der Waals surface area contributed by atoms with Crippen LogP contribution in [0.4, 0.5) is 0 Å². The first-order valence-corrected chi connectivity index (χ1v) is 13.9. The van der Waals surface area contributed by atoms with E-state index in [2.05, 4.69) is 57.4 Å². The van der Waals surface area contributed by atoms with Gasteiger partial charge in [0, 0.05) is 24.6 Å². The van der Waals surface area contributed by atoms with Crippen molar-refractivity contribution in [2.45, 2.75) is 118 Å². The summed E-state index contributed by atoms with van der Waals surface area (Å²) >= 11 is 0. The van der Waals surface area contributed by atoms with Gasteiger partial charge in [-0.2, -0.15) is 0 Å². The maximum atomic E-state index is 6.22. The summed E-state index contributed by atoms with van der Waals surface area (Å²) in [6, 6.07) is 6.51. The van der Waals surface area contributed by atoms with Gasteiger partial charge >= 0.3 is 0 Å². The van der Waals surface area contributed by atoms with E-state index in [0.717, 1.165) is 56.3 Å². The van der Waals surface area contributed by atoms with Crippen LogP contribution >= 0.6 is 0 Å². The second kappa shape index (κ2) is 16.8. The maximum absolute atomic E-state index is 6.22. The van der Waals surface area contributed by atoms with Gasteiger partial charge in [-0.05, 0) is 76.6 Å². The van der Waals surface area contributed by atoms with E-state index in [1.807, 2.05) is 0 Å². The van der Waals surface area contributed by atoms with Crippen molar-refractivity contribution < 1.29 is 9.47 Å². The highest BCUT2D eigenvalue weighted by atomic mass is 16.5. The average Bonchev–Trinajstić information content (AvgIpc) is 3.16. The third-order valence-electron chi connectivity index (χ3n) is 6.55. The Morgan fingerprint density at radius 2 is 1.26 bits per heavy atom. The lowest BCUT2D eigenvalue weighted by atomic mass is 10.0. The molecule has 0 saturated heterocycles. The summed E-state index contributed by atoms with van der Waals surface area (Å²) in [6.45, 7) is 13.5. The molecule has 2 rings (SSSR count). The van der Waals surface area contributed by atoms with E-state index in [0.29, 0.717) is 0 Å². The van der Waals surface area contributed by atoms with Crippen molar-refractivity contribution in [3.05, 3.63) is 40.8 Å². The lowest BCUT2D eigenvalue weighted by Gasteiger charge is -2.17. The van der Waals surface area contributed by atoms with Crippen LogP contribution in [0.1, 0.15) is 114 Å². The monoisotopic (exact) mass is 470 g/mol. The van der Waals surface area contributed by atoms with E-state index in [-0.39, 0.29) is 0 Å². The van der Waals surface area contributed by atoms with E-state index < -0.39 is 0 Å². The summed E-state index contributed by atoms with van der Waals surface area (Å²) in [7, 11) is 0. The molecule has 0 aliphatic rings. The Hall–Kier alpha value is -1.81. The van der Waals surface area contributed by atoms with Crippen LogP contribution < -0.4 is 4.74 Å². The SMILES string of the molecule is CCCCOCCCCCCCCCCc1nc(-n2c(C)ccc2C)cc(C)c1OCCCC. The molecule has 0 radical (unpaired) electrons. The fourth-order valence-electron chi connectivity index (χ4n) is 4.44. The summed E-state index contributed by atoms with van der Waals surface area (Å²) in [5.41, 5.74) is 4.77. The molecule has 0 aliphatic carbocycles. The van der Waals surface area contributed by atoms with Gasteiger partial charge in [0.05, 0.1) is 12.3 Å². The zero-order chi connectivity index (χ0) is 24.6. The van der Waals surface area contributed by atoms with Crippen LogP contribution in [-0.4, -0.2) is 29.4 Å². The van der Waals surface area contributed by atoms with Gasteiger partial charge in [-0.15, -0.1) is 0 Å². The quantitative estimate of drug-likeness (QED) is 0.193. The van der Waals surface area contributed by atoms with Crippen LogP contribution in [0, 0.1) is 20.8 Å². The van der Waals surface area contributed by atoms with Gasteiger partial charge in [0.2, 0.25) is 0 Å². The molecule has 0 atom stereocenters. The number of aryl methyl sites for hydroxylation is 4. The number of pyridine rings is 1. The van der Waals surface area contributed by atoms with Crippen molar-refractivity contribution in [2.75, 3.05) is 19.8 Å². The second-order valence-electron chi connectivity index (χ2n) is 9.77. The smallest absolute Gasteiger partial charge is 0.143 e. The molecule has 2 aromatic heterocycles. The second-order valence-corrected chi connectivity index (χ2v) is 9.77. The molecule has 0 spiro atoms. The minimum atomic E-state index is 0.774. The normalized spacial score (nSPS) is 11.3. The highest BCUT2D eigenvalue weighted by Gasteiger charge is 2.14. The fourth-order valence-corrected chi connectivity index (χ4v) is 4.44. The molecule has 0 fully saturated rings. The molecule has 34 heavy (non-hydrogen) atoms. The van der Waals surface area contributed by atoms with Crippen molar-refractivity contribution in [2.24, 2.45) is 0 Å². The fraction of sp³-hybridized carbons (Fsp3) is 0.700. The molecule has 2 heterocycles. The molecule has 4 heteroatoms. The van der Waals surface area contributed by atoms with Crippen molar-refractivity contribution in [1.82, 2.24) is 9.55 Å². The number of nitrogens with zero attached hydrogens (tertiary/aromatic N) is 2. The highest BCUT2D eigenvalue weighted by Crippen LogP contribution is 2.28. The Balaban J connectivity index is 1.80. The Kier molecular flexibility index (Phi) is 14.0. The average molecular weight is 471 g/mol. The van der Waals surface area contributed by atoms with Gasteiger partial charge in [0.1, 0.15) is 11.6 Å². The summed E-state index contributed by atoms with van der Waals surface area (Å²) in [4.78, 5) is 5.10. The van der Waals surface area contributed by atoms with E-state index in [9.17, 15) is 0 Å². The molecule has 4 nitrogen and oxygen atoms in total. The number of unbranched alkanes of at least 4 members (excludes halogenated alkanes) is 9. The van der Waals surface area contributed by atoms with Crippen LogP contribution in [-0.2, 0) is 11.2 Å². The van der Waals surface area contributed by atoms with Crippen LogP contribution in [0.25, 0.3) is 5.82 Å². The number of aromatic nitrogens is 2. The minimum absolute atomic E-state index is 0.774. The highest BCUT2D eigenvalue weighted by molar-refractivity contribution is 5.44. The first kappa shape index (κ1) is 28.4. The van der Waals surface area contributed by atoms with E-state index >= 15 is 0 Å². The Morgan fingerprint density at radius 3 is 1.91 bits per heavy atom. The zero-order valence-electron chi connectivity index (χ0n) is 22.8. The maximum Gasteiger partial charge on any atom is 0.143 e. The Labute approximate surface area is 209 Å². The van der Waals surface area contributed by atoms with Crippen molar-refractivity contribution in [3.63, 3.8) is 0 Å². The molecule has 0 unspecified atom stereocenters. The summed E-state index contributed by atoms with van der Waals surface area (Å²) in [6.07, 6.45) is 15.9. The van der Waals surface area contributed by atoms with Crippen molar-refractivity contribution in [1.29, 1.82) is 0 Å². The van der Waals surface area contributed by atoms with Gasteiger partial charge in [0.25, 0.3) is 0 Å². The van der Waals surface area contributed by atoms with E-state index in [1.165, 1.54) is 81.2 Å². The predicted molar refractivity (Wildman–Crippen MR) is 145 cm³/mol. The third kappa shape index (κ3) is 9.82. The number of rotatable bonds is 19. The van der Waals surface area contributed by atoms with Crippen LogP contribution in [0.15, 0.2) is 18.2 Å². The van der Waals surface area contributed by atoms with Crippen molar-refractivity contribution >= 4 is 0 Å². The molecular formula is C30H50N2O2. The first-order chi connectivity index (χ1) is 16.6. The summed E-state index contributed by atoms with van der Waals surface area (Å²) < 4.78 is 14.1. The third-order valence-corrected chi connectivity index (χ3v) is 6.55. The van der Waals surface area contributed by atoms with Gasteiger partial charge in [0.15, 0.2) is 0 Å². The molecule has 0 bridgehead atoms. The molecule has 0 aromatic carbocycles. The Bertz CT molecular complexity index is 793.